The molecule has 0 saturated carbocycles. The molecule has 0 aliphatic carbocycles. The van der Waals surface area contributed by atoms with Crippen LogP contribution in [0.2, 0.25) is 0 Å². The maximum Gasteiger partial charge on any atom is 0.342 e. The lowest BCUT2D eigenvalue weighted by molar-refractivity contribution is -0.119. The predicted octanol–water partition coefficient (Wildman–Crippen LogP) is 2.89. The summed E-state index contributed by atoms with van der Waals surface area (Å²) < 4.78 is 14.9. The number of nitrogens with one attached hydrogen (secondary N) is 1. The third-order valence-corrected chi connectivity index (χ3v) is 3.84. The lowest BCUT2D eigenvalue weighted by Crippen LogP contribution is -2.22. The molecular formula is C20H21NO6. The molecule has 1 N–H and O–H groups in total. The van der Waals surface area contributed by atoms with Crippen molar-refractivity contribution in [2.24, 2.45) is 0 Å². The first-order valence-electron chi connectivity index (χ1n) is 8.16. The molecule has 142 valence electrons. The second kappa shape index (κ2) is 8.84. The molecule has 0 unspecified atom stereocenters. The summed E-state index contributed by atoms with van der Waals surface area (Å²) in [5.41, 5.74) is 2.60. The standard InChI is InChI=1S/C20H21NO6/c1-12-5-8-17(25-3)15(9-12)20(24)27-11-18(22)21-16-10-14(19(23)26-4)7-6-13(16)2/h5-10H,11H2,1-4H3,(H,21,22). The summed E-state index contributed by atoms with van der Waals surface area (Å²) in [4.78, 5) is 36.0. The Morgan fingerprint density at radius 1 is 0.963 bits per heavy atom. The monoisotopic (exact) mass is 371 g/mol. The number of amides is 1. The molecule has 7 heteroatoms. The van der Waals surface area contributed by atoms with Gasteiger partial charge in [-0.25, -0.2) is 9.59 Å². The van der Waals surface area contributed by atoms with Crippen LogP contribution in [0.25, 0.3) is 0 Å². The SMILES string of the molecule is COC(=O)c1ccc(C)c(NC(=O)COC(=O)c2cc(C)ccc2OC)c1. The topological polar surface area (TPSA) is 90.9 Å². The van der Waals surface area contributed by atoms with Gasteiger partial charge < -0.3 is 19.5 Å². The molecule has 2 aromatic carbocycles. The third-order valence-electron chi connectivity index (χ3n) is 3.84. The Balaban J connectivity index is 2.04. The van der Waals surface area contributed by atoms with Crippen molar-refractivity contribution in [3.63, 3.8) is 0 Å². The summed E-state index contributed by atoms with van der Waals surface area (Å²) >= 11 is 0. The van der Waals surface area contributed by atoms with Crippen LogP contribution in [0.15, 0.2) is 36.4 Å². The number of aryl methyl sites for hydroxylation is 2. The summed E-state index contributed by atoms with van der Waals surface area (Å²) in [7, 11) is 2.73. The van der Waals surface area contributed by atoms with Gasteiger partial charge in [0.1, 0.15) is 11.3 Å². The van der Waals surface area contributed by atoms with Gasteiger partial charge in [0.05, 0.1) is 19.8 Å². The fourth-order valence-corrected chi connectivity index (χ4v) is 2.38. The lowest BCUT2D eigenvalue weighted by atomic mass is 10.1. The van der Waals surface area contributed by atoms with Crippen molar-refractivity contribution in [2.75, 3.05) is 26.1 Å². The largest absolute Gasteiger partial charge is 0.496 e. The highest BCUT2D eigenvalue weighted by atomic mass is 16.5. The van der Waals surface area contributed by atoms with Gasteiger partial charge in [-0.2, -0.15) is 0 Å². The summed E-state index contributed by atoms with van der Waals surface area (Å²) in [5.74, 6) is -1.33. The van der Waals surface area contributed by atoms with Crippen LogP contribution < -0.4 is 10.1 Å². The molecule has 27 heavy (non-hydrogen) atoms. The normalized spacial score (nSPS) is 10.1. The molecule has 0 atom stereocenters. The molecule has 0 saturated heterocycles. The van der Waals surface area contributed by atoms with E-state index in [1.807, 2.05) is 6.92 Å². The van der Waals surface area contributed by atoms with Gasteiger partial charge in [0.2, 0.25) is 0 Å². The van der Waals surface area contributed by atoms with E-state index in [2.05, 4.69) is 10.1 Å². The molecule has 7 nitrogen and oxygen atoms in total. The molecule has 2 aromatic rings. The van der Waals surface area contributed by atoms with E-state index in [1.165, 1.54) is 20.3 Å². The Morgan fingerprint density at radius 2 is 1.70 bits per heavy atom. The van der Waals surface area contributed by atoms with E-state index in [0.717, 1.165) is 11.1 Å². The zero-order valence-corrected chi connectivity index (χ0v) is 15.6. The van der Waals surface area contributed by atoms with Crippen molar-refractivity contribution < 1.29 is 28.6 Å². The number of anilines is 1. The number of ether oxygens (including phenoxy) is 3. The summed E-state index contributed by atoms with van der Waals surface area (Å²) in [5, 5.41) is 2.62. The average Bonchev–Trinajstić information content (AvgIpc) is 2.67. The number of carbonyl (C=O) groups excluding carboxylic acids is 3. The van der Waals surface area contributed by atoms with Crippen molar-refractivity contribution in [2.45, 2.75) is 13.8 Å². The van der Waals surface area contributed by atoms with Gasteiger partial charge in [-0.1, -0.05) is 17.7 Å². The number of carbonyl (C=O) groups is 3. The Hall–Kier alpha value is -3.35. The second-order valence-corrected chi connectivity index (χ2v) is 5.85. The van der Waals surface area contributed by atoms with Gasteiger partial charge in [-0.3, -0.25) is 4.79 Å². The summed E-state index contributed by atoms with van der Waals surface area (Å²) in [6.45, 7) is 3.14. The average molecular weight is 371 g/mol. The maximum absolute atomic E-state index is 12.2. The predicted molar refractivity (Wildman–Crippen MR) is 99.2 cm³/mol. The minimum atomic E-state index is -0.661. The van der Waals surface area contributed by atoms with Gasteiger partial charge in [-0.05, 0) is 43.7 Å². The number of hydrogen-bond donors (Lipinski definition) is 1. The zero-order chi connectivity index (χ0) is 20.0. The van der Waals surface area contributed by atoms with E-state index < -0.39 is 24.5 Å². The first-order chi connectivity index (χ1) is 12.8. The van der Waals surface area contributed by atoms with Gasteiger partial charge in [-0.15, -0.1) is 0 Å². The van der Waals surface area contributed by atoms with Crippen molar-refractivity contribution in [3.05, 3.63) is 58.7 Å². The minimum Gasteiger partial charge on any atom is -0.496 e. The van der Waals surface area contributed by atoms with Crippen LogP contribution >= 0.6 is 0 Å². The number of hydrogen-bond acceptors (Lipinski definition) is 6. The molecule has 0 spiro atoms. The molecule has 0 aliphatic heterocycles. The molecular weight excluding hydrogens is 350 g/mol. The van der Waals surface area contributed by atoms with Crippen LogP contribution in [0.5, 0.6) is 5.75 Å². The molecule has 0 heterocycles. The molecule has 0 radical (unpaired) electrons. The lowest BCUT2D eigenvalue weighted by Gasteiger charge is -2.11. The summed E-state index contributed by atoms with van der Waals surface area (Å²) in [6.07, 6.45) is 0. The zero-order valence-electron chi connectivity index (χ0n) is 15.6. The van der Waals surface area contributed by atoms with Crippen molar-refractivity contribution in [1.82, 2.24) is 0 Å². The van der Waals surface area contributed by atoms with Gasteiger partial charge in [0.15, 0.2) is 6.61 Å². The van der Waals surface area contributed by atoms with Crippen LogP contribution in [0.4, 0.5) is 5.69 Å². The van der Waals surface area contributed by atoms with Crippen molar-refractivity contribution in [1.29, 1.82) is 0 Å². The Labute approximate surface area is 157 Å². The highest BCUT2D eigenvalue weighted by molar-refractivity contribution is 5.98. The molecule has 2 rings (SSSR count). The highest BCUT2D eigenvalue weighted by Crippen LogP contribution is 2.21. The van der Waals surface area contributed by atoms with E-state index >= 15 is 0 Å². The quantitative estimate of drug-likeness (QED) is 0.785. The van der Waals surface area contributed by atoms with Crippen LogP contribution in [0, 0.1) is 13.8 Å². The Bertz CT molecular complexity index is 875. The van der Waals surface area contributed by atoms with E-state index in [-0.39, 0.29) is 5.56 Å². The number of esters is 2. The van der Waals surface area contributed by atoms with Gasteiger partial charge in [0, 0.05) is 5.69 Å². The molecule has 1 amide bonds. The molecule has 0 fully saturated rings. The Morgan fingerprint density at radius 3 is 2.37 bits per heavy atom. The Kier molecular flexibility index (Phi) is 6.54. The molecule has 0 aromatic heterocycles. The van der Waals surface area contributed by atoms with Gasteiger partial charge >= 0.3 is 11.9 Å². The van der Waals surface area contributed by atoms with Crippen molar-refractivity contribution >= 4 is 23.5 Å². The van der Waals surface area contributed by atoms with Crippen LogP contribution in [-0.2, 0) is 14.3 Å². The van der Waals surface area contributed by atoms with Crippen LogP contribution in [-0.4, -0.2) is 38.7 Å². The number of benzene rings is 2. The molecule has 0 bridgehead atoms. The summed E-state index contributed by atoms with van der Waals surface area (Å²) in [6, 6.07) is 9.88. The van der Waals surface area contributed by atoms with Gasteiger partial charge in [0.25, 0.3) is 5.91 Å². The van der Waals surface area contributed by atoms with E-state index in [9.17, 15) is 14.4 Å². The fourth-order valence-electron chi connectivity index (χ4n) is 2.38. The minimum absolute atomic E-state index is 0.245. The maximum atomic E-state index is 12.2. The first-order valence-corrected chi connectivity index (χ1v) is 8.16. The first kappa shape index (κ1) is 20.0. The molecule has 0 aliphatic rings. The van der Waals surface area contributed by atoms with Crippen LogP contribution in [0.3, 0.4) is 0 Å². The third kappa shape index (κ3) is 5.07. The van der Waals surface area contributed by atoms with Crippen molar-refractivity contribution in [3.8, 4) is 5.75 Å². The number of methoxy groups -OCH3 is 2. The van der Waals surface area contributed by atoms with E-state index in [1.54, 1.807) is 37.3 Å². The number of rotatable bonds is 6. The van der Waals surface area contributed by atoms with Crippen LogP contribution in [0.1, 0.15) is 31.8 Å². The second-order valence-electron chi connectivity index (χ2n) is 5.85. The van der Waals surface area contributed by atoms with E-state index in [4.69, 9.17) is 9.47 Å². The fraction of sp³-hybridized carbons (Fsp3) is 0.250. The van der Waals surface area contributed by atoms with E-state index in [0.29, 0.717) is 17.0 Å². The smallest absolute Gasteiger partial charge is 0.342 e. The highest BCUT2D eigenvalue weighted by Gasteiger charge is 2.16.